The Bertz CT molecular complexity index is 60.2. The number of nitrogens with two attached hydrogens (primary N) is 1. The molecule has 0 aromatic heterocycles. The first kappa shape index (κ1) is 10.3. The van der Waals surface area contributed by atoms with E-state index < -0.39 is 0 Å². The normalized spacial score (nSPS) is 9.25. The standard InChI is InChI=1S/C4H12N2.N2/c1-4(2,3)6-5;1-2/h6H,5H2,1-3H3;. The second-order valence-electron chi connectivity index (χ2n) is 2.39. The van der Waals surface area contributed by atoms with E-state index in [1.807, 2.05) is 20.8 Å². The molecular formula is C4H12N4. The predicted octanol–water partition coefficient (Wildman–Crippen LogP) is 0.278. The van der Waals surface area contributed by atoms with E-state index in [1.165, 1.54) is 0 Å². The molecule has 0 fully saturated rings. The molecule has 0 heterocycles. The molecule has 3 N–H and O–H groups in total. The Labute approximate surface area is 49.5 Å². The van der Waals surface area contributed by atoms with Crippen LogP contribution >= 0.6 is 0 Å². The molecule has 48 valence electrons. The van der Waals surface area contributed by atoms with Gasteiger partial charge in [-0.25, -0.2) is 0 Å². The van der Waals surface area contributed by atoms with E-state index in [1.54, 1.807) is 0 Å². The van der Waals surface area contributed by atoms with Crippen LogP contribution in [0.3, 0.4) is 0 Å². The molecule has 4 nitrogen and oxygen atoms in total. The Morgan fingerprint density at radius 3 is 1.38 bits per heavy atom. The number of nitrogens with one attached hydrogen (secondary N) is 1. The van der Waals surface area contributed by atoms with Gasteiger partial charge in [-0.2, -0.15) is 0 Å². The van der Waals surface area contributed by atoms with Crippen molar-refractivity contribution in [3.63, 3.8) is 0 Å². The first-order chi connectivity index (χ1) is 3.56. The van der Waals surface area contributed by atoms with Crippen molar-refractivity contribution in [3.8, 4) is 0 Å². The van der Waals surface area contributed by atoms with E-state index >= 15 is 0 Å². The van der Waals surface area contributed by atoms with Crippen LogP contribution in [-0.4, -0.2) is 5.54 Å². The lowest BCUT2D eigenvalue weighted by atomic mass is 10.1. The van der Waals surface area contributed by atoms with Gasteiger partial charge in [-0.3, -0.25) is 11.3 Å². The van der Waals surface area contributed by atoms with E-state index in [0.717, 1.165) is 0 Å². The first-order valence-electron chi connectivity index (χ1n) is 2.24. The molecule has 0 saturated heterocycles. The molecule has 0 aliphatic heterocycles. The van der Waals surface area contributed by atoms with Crippen molar-refractivity contribution >= 4 is 0 Å². The van der Waals surface area contributed by atoms with Gasteiger partial charge in [-0.15, -0.1) is 0 Å². The van der Waals surface area contributed by atoms with Crippen LogP contribution in [-0.2, 0) is 0 Å². The van der Waals surface area contributed by atoms with Gasteiger partial charge in [0.25, 0.3) is 0 Å². The van der Waals surface area contributed by atoms with Crippen molar-refractivity contribution in [1.82, 2.24) is 5.43 Å². The fraction of sp³-hybridized carbons (Fsp3) is 1.00. The average Bonchev–Trinajstić information content (AvgIpc) is 1.71. The summed E-state index contributed by atoms with van der Waals surface area (Å²) in [5.41, 5.74) is 2.67. The maximum atomic E-state index is 6.00. The summed E-state index contributed by atoms with van der Waals surface area (Å²) in [5, 5.41) is 12.0. The van der Waals surface area contributed by atoms with Crippen molar-refractivity contribution < 1.29 is 0 Å². The van der Waals surface area contributed by atoms with Crippen LogP contribution in [0.1, 0.15) is 20.8 Å². The number of rotatable bonds is 0. The summed E-state index contributed by atoms with van der Waals surface area (Å²) in [6, 6.07) is 0. The Balaban J connectivity index is 0. The minimum absolute atomic E-state index is 0.0694. The highest BCUT2D eigenvalue weighted by Gasteiger charge is 2.02. The molecule has 0 aromatic carbocycles. The van der Waals surface area contributed by atoms with Gasteiger partial charge in [0.05, 0.1) is 0 Å². The summed E-state index contributed by atoms with van der Waals surface area (Å²) >= 11 is 0. The zero-order chi connectivity index (χ0) is 7.21. The van der Waals surface area contributed by atoms with Crippen molar-refractivity contribution in [2.24, 2.45) is 5.84 Å². The highest BCUT2D eigenvalue weighted by molar-refractivity contribution is 4.63. The van der Waals surface area contributed by atoms with Crippen LogP contribution in [0.25, 0.3) is 0 Å². The topological polar surface area (TPSA) is 85.6 Å². The van der Waals surface area contributed by atoms with Crippen molar-refractivity contribution in [3.05, 3.63) is 0 Å². The monoisotopic (exact) mass is 116 g/mol. The highest BCUT2D eigenvalue weighted by Crippen LogP contribution is 1.92. The van der Waals surface area contributed by atoms with E-state index in [9.17, 15) is 0 Å². The van der Waals surface area contributed by atoms with Crippen LogP contribution in [0.4, 0.5) is 0 Å². The zero-order valence-corrected chi connectivity index (χ0v) is 5.47. The SMILES string of the molecule is CC(C)(C)NN.N#N. The molecule has 0 saturated carbocycles. The van der Waals surface area contributed by atoms with Gasteiger partial charge >= 0.3 is 0 Å². The van der Waals surface area contributed by atoms with E-state index in [0.29, 0.717) is 0 Å². The third-order valence-corrected chi connectivity index (χ3v) is 0.433. The smallest absolute Gasteiger partial charge is 0.0236 e. The maximum absolute atomic E-state index is 6.00. The third kappa shape index (κ3) is 18.4. The van der Waals surface area contributed by atoms with Crippen molar-refractivity contribution in [1.29, 1.82) is 10.8 Å². The van der Waals surface area contributed by atoms with Gasteiger partial charge in [0.15, 0.2) is 0 Å². The lowest BCUT2D eigenvalue weighted by Gasteiger charge is -2.14. The van der Waals surface area contributed by atoms with Gasteiger partial charge in [0.1, 0.15) is 0 Å². The van der Waals surface area contributed by atoms with Crippen molar-refractivity contribution in [2.45, 2.75) is 26.3 Å². The molecular weight excluding hydrogens is 104 g/mol. The first-order valence-corrected chi connectivity index (χ1v) is 2.24. The minimum atomic E-state index is 0.0694. The number of hydrogen-bond donors (Lipinski definition) is 2. The largest absolute Gasteiger partial charge is 0.271 e. The fourth-order valence-corrected chi connectivity index (χ4v) is 0. The van der Waals surface area contributed by atoms with Gasteiger partial charge in [0.2, 0.25) is 0 Å². The summed E-state index contributed by atoms with van der Waals surface area (Å²) in [5.74, 6) is 5.06. The Hall–Kier alpha value is -0.660. The lowest BCUT2D eigenvalue weighted by molar-refractivity contribution is 0.438. The Kier molecular flexibility index (Phi) is 5.82. The second-order valence-corrected chi connectivity index (χ2v) is 2.39. The van der Waals surface area contributed by atoms with Gasteiger partial charge in [-0.05, 0) is 20.8 Å². The molecule has 0 unspecified atom stereocenters. The van der Waals surface area contributed by atoms with Gasteiger partial charge < -0.3 is 0 Å². The molecule has 0 aliphatic carbocycles. The summed E-state index contributed by atoms with van der Waals surface area (Å²) < 4.78 is 0. The number of hydrazine groups is 1. The van der Waals surface area contributed by atoms with Crippen molar-refractivity contribution in [2.75, 3.05) is 0 Å². The lowest BCUT2D eigenvalue weighted by Crippen LogP contribution is -2.41. The predicted molar refractivity (Wildman–Crippen MR) is 30.5 cm³/mol. The van der Waals surface area contributed by atoms with Gasteiger partial charge in [0, 0.05) is 16.3 Å². The fourth-order valence-electron chi connectivity index (χ4n) is 0. The molecule has 8 heavy (non-hydrogen) atoms. The second kappa shape index (κ2) is 4.50. The molecule has 0 amide bonds. The molecule has 0 radical (unpaired) electrons. The highest BCUT2D eigenvalue weighted by atomic mass is 15.2. The van der Waals surface area contributed by atoms with Gasteiger partial charge in [-0.1, -0.05) is 0 Å². The summed E-state index contributed by atoms with van der Waals surface area (Å²) in [6.45, 7) is 6.02. The third-order valence-electron chi connectivity index (χ3n) is 0.433. The molecule has 0 aromatic rings. The van der Waals surface area contributed by atoms with Crippen LogP contribution in [0.2, 0.25) is 0 Å². The molecule has 0 bridgehead atoms. The Morgan fingerprint density at radius 2 is 1.38 bits per heavy atom. The zero-order valence-electron chi connectivity index (χ0n) is 5.47. The molecule has 0 rings (SSSR count). The van der Waals surface area contributed by atoms with Crippen LogP contribution in [0.15, 0.2) is 0 Å². The summed E-state index contributed by atoms with van der Waals surface area (Å²) in [4.78, 5) is 0. The van der Waals surface area contributed by atoms with Crippen LogP contribution in [0.5, 0.6) is 0 Å². The molecule has 0 atom stereocenters. The number of nitrogens with zero attached hydrogens (tertiary/aromatic N) is 2. The average molecular weight is 116 g/mol. The van der Waals surface area contributed by atoms with Crippen LogP contribution in [0, 0.1) is 10.8 Å². The van der Waals surface area contributed by atoms with E-state index in [-0.39, 0.29) is 5.54 Å². The Morgan fingerprint density at radius 1 is 1.25 bits per heavy atom. The van der Waals surface area contributed by atoms with Crippen LogP contribution < -0.4 is 11.3 Å². The minimum Gasteiger partial charge on any atom is -0.271 e. The summed E-state index contributed by atoms with van der Waals surface area (Å²) in [6.07, 6.45) is 0. The van der Waals surface area contributed by atoms with E-state index in [4.69, 9.17) is 16.6 Å². The molecule has 0 aliphatic rings. The number of hydrogen-bond acceptors (Lipinski definition) is 4. The summed E-state index contributed by atoms with van der Waals surface area (Å²) in [7, 11) is 0. The van der Waals surface area contributed by atoms with E-state index in [2.05, 4.69) is 5.43 Å². The molecule has 0 spiro atoms. The molecule has 4 heteroatoms. The quantitative estimate of drug-likeness (QED) is 0.270. The maximum Gasteiger partial charge on any atom is 0.0236 e.